The van der Waals surface area contributed by atoms with Crippen molar-refractivity contribution in [2.45, 2.75) is 31.9 Å². The number of nitrogens with one attached hydrogen (secondary N) is 1. The molecule has 2 aromatic rings. The monoisotopic (exact) mass is 513 g/mol. The second-order valence-electron chi connectivity index (χ2n) is 7.85. The number of carbonyl (C=O) groups excluding carboxylic acids is 3. The minimum Gasteiger partial charge on any atom is -0.493 e. The summed E-state index contributed by atoms with van der Waals surface area (Å²) in [6, 6.07) is 12.3. The van der Waals surface area contributed by atoms with Crippen LogP contribution in [0.25, 0.3) is 0 Å². The number of ether oxygens (including phenoxy) is 3. The zero-order valence-electron chi connectivity index (χ0n) is 20.9. The number of rotatable bonds is 10. The van der Waals surface area contributed by atoms with Crippen molar-refractivity contribution in [2.75, 3.05) is 33.9 Å². The molecule has 2 aromatic carbocycles. The van der Waals surface area contributed by atoms with E-state index in [2.05, 4.69) is 10.3 Å². The molecule has 0 saturated carbocycles. The van der Waals surface area contributed by atoms with Crippen molar-refractivity contribution in [3.63, 3.8) is 0 Å². The number of benzene rings is 2. The summed E-state index contributed by atoms with van der Waals surface area (Å²) >= 11 is 1.26. The van der Waals surface area contributed by atoms with Crippen molar-refractivity contribution in [1.29, 1.82) is 0 Å². The smallest absolute Gasteiger partial charge is 0.338 e. The van der Waals surface area contributed by atoms with Gasteiger partial charge in [-0.3, -0.25) is 14.5 Å². The Hall–Kier alpha value is -3.53. The first-order valence-corrected chi connectivity index (χ1v) is 12.6. The maximum atomic E-state index is 13.1. The summed E-state index contributed by atoms with van der Waals surface area (Å²) < 4.78 is 15.7. The molecule has 0 aromatic heterocycles. The maximum Gasteiger partial charge on any atom is 0.338 e. The van der Waals surface area contributed by atoms with Gasteiger partial charge in [-0.2, -0.15) is 0 Å². The Morgan fingerprint density at radius 1 is 1.08 bits per heavy atom. The molecule has 0 bridgehead atoms. The summed E-state index contributed by atoms with van der Waals surface area (Å²) in [7, 11) is 3.15. The van der Waals surface area contributed by atoms with Crippen molar-refractivity contribution < 1.29 is 28.6 Å². The van der Waals surface area contributed by atoms with E-state index in [1.54, 1.807) is 50.3 Å². The fraction of sp³-hybridized carbons (Fsp3) is 0.385. The number of hydrogen-bond acceptors (Lipinski definition) is 8. The minimum absolute atomic E-state index is 0.0866. The van der Waals surface area contributed by atoms with E-state index in [9.17, 15) is 14.4 Å². The van der Waals surface area contributed by atoms with Gasteiger partial charge in [0.2, 0.25) is 11.8 Å². The number of methoxy groups -OCH3 is 2. The molecule has 36 heavy (non-hydrogen) atoms. The minimum atomic E-state index is -0.563. The van der Waals surface area contributed by atoms with E-state index in [0.29, 0.717) is 47.4 Å². The lowest BCUT2D eigenvalue weighted by Crippen LogP contribution is -2.47. The van der Waals surface area contributed by atoms with E-state index in [4.69, 9.17) is 14.2 Å². The van der Waals surface area contributed by atoms with Gasteiger partial charge in [-0.1, -0.05) is 17.8 Å². The van der Waals surface area contributed by atoms with Gasteiger partial charge in [0, 0.05) is 19.5 Å². The number of aliphatic imine (C=N–C) groups is 1. The lowest BCUT2D eigenvalue weighted by Gasteiger charge is -2.31. The zero-order chi connectivity index (χ0) is 26.1. The van der Waals surface area contributed by atoms with Crippen molar-refractivity contribution >= 4 is 40.4 Å². The molecule has 1 heterocycles. The van der Waals surface area contributed by atoms with E-state index in [0.717, 1.165) is 5.56 Å². The van der Waals surface area contributed by atoms with Crippen LogP contribution in [0.1, 0.15) is 36.2 Å². The molecule has 192 valence electrons. The van der Waals surface area contributed by atoms with Gasteiger partial charge < -0.3 is 19.5 Å². The van der Waals surface area contributed by atoms with E-state index < -0.39 is 11.2 Å². The van der Waals surface area contributed by atoms with Crippen LogP contribution >= 0.6 is 11.8 Å². The third-order valence-corrected chi connectivity index (χ3v) is 6.65. The Labute approximate surface area is 215 Å². The molecule has 0 radical (unpaired) electrons. The molecule has 0 spiro atoms. The molecule has 1 aliphatic heterocycles. The predicted molar refractivity (Wildman–Crippen MR) is 139 cm³/mol. The molecule has 1 saturated heterocycles. The fourth-order valence-corrected chi connectivity index (χ4v) is 4.77. The highest BCUT2D eigenvalue weighted by Crippen LogP contribution is 2.31. The van der Waals surface area contributed by atoms with Crippen molar-refractivity contribution in [3.8, 4) is 11.5 Å². The quantitative estimate of drug-likeness (QED) is 0.484. The number of hydrogen-bond donors (Lipinski definition) is 1. The largest absolute Gasteiger partial charge is 0.493 e. The summed E-state index contributed by atoms with van der Waals surface area (Å²) in [4.78, 5) is 43.9. The van der Waals surface area contributed by atoms with Crippen LogP contribution in [-0.2, 0) is 20.7 Å². The van der Waals surface area contributed by atoms with Gasteiger partial charge in [0.15, 0.2) is 16.7 Å². The summed E-state index contributed by atoms with van der Waals surface area (Å²) in [5.74, 6) is 0.463. The summed E-state index contributed by atoms with van der Waals surface area (Å²) in [6.07, 6.45) is 0.641. The van der Waals surface area contributed by atoms with Crippen LogP contribution in [0.2, 0.25) is 0 Å². The van der Waals surface area contributed by atoms with Gasteiger partial charge in [-0.25, -0.2) is 9.79 Å². The fourth-order valence-electron chi connectivity index (χ4n) is 3.62. The molecule has 9 nitrogen and oxygen atoms in total. The number of esters is 1. The third-order valence-electron chi connectivity index (χ3n) is 5.46. The van der Waals surface area contributed by atoms with Gasteiger partial charge >= 0.3 is 5.97 Å². The molecule has 1 N–H and O–H groups in total. The topological polar surface area (TPSA) is 107 Å². The average Bonchev–Trinajstić information content (AvgIpc) is 2.88. The van der Waals surface area contributed by atoms with Gasteiger partial charge in [0.05, 0.1) is 37.3 Å². The first-order valence-electron chi connectivity index (χ1n) is 11.7. The van der Waals surface area contributed by atoms with Crippen LogP contribution in [0, 0.1) is 0 Å². The van der Waals surface area contributed by atoms with Crippen LogP contribution in [-0.4, -0.2) is 67.0 Å². The Bertz CT molecular complexity index is 1120. The number of thioether (sulfide) groups is 1. The number of amidine groups is 1. The van der Waals surface area contributed by atoms with Gasteiger partial charge in [0.25, 0.3) is 0 Å². The zero-order valence-corrected chi connectivity index (χ0v) is 21.7. The van der Waals surface area contributed by atoms with E-state index in [1.165, 1.54) is 11.8 Å². The molecule has 3 rings (SSSR count). The Morgan fingerprint density at radius 2 is 1.81 bits per heavy atom. The van der Waals surface area contributed by atoms with Crippen LogP contribution in [0.5, 0.6) is 11.5 Å². The molecule has 1 aliphatic rings. The highest BCUT2D eigenvalue weighted by atomic mass is 32.2. The molecule has 1 fully saturated rings. The summed E-state index contributed by atoms with van der Waals surface area (Å²) in [5.41, 5.74) is 1.94. The lowest BCUT2D eigenvalue weighted by atomic mass is 10.1. The summed E-state index contributed by atoms with van der Waals surface area (Å²) in [6.45, 7) is 4.73. The van der Waals surface area contributed by atoms with Gasteiger partial charge in [-0.05, 0) is 62.2 Å². The van der Waals surface area contributed by atoms with Crippen molar-refractivity contribution in [1.82, 2.24) is 10.2 Å². The van der Waals surface area contributed by atoms with E-state index in [-0.39, 0.29) is 24.8 Å². The van der Waals surface area contributed by atoms with Crippen molar-refractivity contribution in [2.24, 2.45) is 4.99 Å². The highest BCUT2D eigenvalue weighted by molar-refractivity contribution is 8.15. The van der Waals surface area contributed by atoms with Gasteiger partial charge in [-0.15, -0.1) is 0 Å². The van der Waals surface area contributed by atoms with Crippen LogP contribution in [0.15, 0.2) is 47.5 Å². The highest BCUT2D eigenvalue weighted by Gasteiger charge is 2.35. The van der Waals surface area contributed by atoms with Crippen LogP contribution in [0.4, 0.5) is 5.69 Å². The molecule has 2 amide bonds. The van der Waals surface area contributed by atoms with Crippen LogP contribution in [0.3, 0.4) is 0 Å². The average molecular weight is 514 g/mol. The lowest BCUT2D eigenvalue weighted by molar-refractivity contribution is -0.130. The number of amides is 2. The predicted octanol–water partition coefficient (Wildman–Crippen LogP) is 3.58. The summed E-state index contributed by atoms with van der Waals surface area (Å²) in [5, 5.41) is 2.66. The SMILES string of the molecule is CCNC(=O)[C@H]1CC(=O)N(CCc2ccc(OC)c(OC)c2)C(=Nc2ccc(C(=O)OCC)cc2)S1. The molecule has 0 aliphatic carbocycles. The van der Waals surface area contributed by atoms with E-state index in [1.807, 2.05) is 25.1 Å². The van der Waals surface area contributed by atoms with E-state index >= 15 is 0 Å². The second kappa shape index (κ2) is 13.0. The first kappa shape index (κ1) is 27.1. The Kier molecular flexibility index (Phi) is 9.75. The standard InChI is InChI=1S/C26H31N3O6S/c1-5-27-24(31)22-16-23(30)29(14-13-17-7-12-20(33-3)21(15-17)34-4)26(36-22)28-19-10-8-18(9-11-19)25(32)35-6-2/h7-12,15,22H,5-6,13-14,16H2,1-4H3,(H,27,31)/t22-/m1/s1. The van der Waals surface area contributed by atoms with Crippen LogP contribution < -0.4 is 14.8 Å². The molecule has 10 heteroatoms. The molecule has 1 atom stereocenters. The Balaban J connectivity index is 1.85. The Morgan fingerprint density at radius 3 is 2.44 bits per heavy atom. The van der Waals surface area contributed by atoms with Crippen molar-refractivity contribution in [3.05, 3.63) is 53.6 Å². The molecule has 0 unspecified atom stereocenters. The third kappa shape index (κ3) is 6.78. The number of carbonyl (C=O) groups is 3. The normalized spacial score (nSPS) is 16.6. The van der Waals surface area contributed by atoms with Gasteiger partial charge in [0.1, 0.15) is 0 Å². The second-order valence-corrected chi connectivity index (χ2v) is 9.02. The molecular formula is C26H31N3O6S. The molecular weight excluding hydrogens is 482 g/mol. The number of nitrogens with zero attached hydrogens (tertiary/aromatic N) is 2. The first-order chi connectivity index (χ1) is 17.4. The maximum absolute atomic E-state index is 13.1.